The van der Waals surface area contributed by atoms with Crippen molar-refractivity contribution in [3.63, 3.8) is 0 Å². The molecule has 1 aromatic rings. The van der Waals surface area contributed by atoms with E-state index in [0.717, 1.165) is 51.3 Å². The summed E-state index contributed by atoms with van der Waals surface area (Å²) in [7, 11) is 1.72. The lowest BCUT2D eigenvalue weighted by Gasteiger charge is -2.36. The molecule has 160 valence electrons. The third-order valence-electron chi connectivity index (χ3n) is 6.00. The van der Waals surface area contributed by atoms with Gasteiger partial charge in [0.2, 0.25) is 11.8 Å². The maximum absolute atomic E-state index is 13.0. The largest absolute Gasteiger partial charge is 0.496 e. The Morgan fingerprint density at radius 1 is 1.28 bits per heavy atom. The first-order valence-electron chi connectivity index (χ1n) is 10.9. The molecule has 0 aliphatic carbocycles. The molecule has 1 aromatic carbocycles. The number of para-hydroxylation sites is 1. The van der Waals surface area contributed by atoms with Crippen molar-refractivity contribution in [2.45, 2.75) is 39.7 Å². The number of hydrogen-bond acceptors (Lipinski definition) is 4. The van der Waals surface area contributed by atoms with Crippen molar-refractivity contribution in [1.29, 1.82) is 0 Å². The minimum Gasteiger partial charge on any atom is -0.496 e. The molecule has 2 saturated heterocycles. The lowest BCUT2D eigenvalue weighted by molar-refractivity contribution is -0.137. The maximum Gasteiger partial charge on any atom is 0.228 e. The Hall–Kier alpha value is -2.08. The van der Waals surface area contributed by atoms with Crippen LogP contribution in [0.5, 0.6) is 5.75 Å². The van der Waals surface area contributed by atoms with Crippen molar-refractivity contribution in [3.8, 4) is 5.75 Å². The number of carbonyl (C=O) groups excluding carboxylic acids is 2. The van der Waals surface area contributed by atoms with Gasteiger partial charge in [0, 0.05) is 38.2 Å². The molecule has 0 saturated carbocycles. The summed E-state index contributed by atoms with van der Waals surface area (Å²) in [5, 5.41) is 2.80. The second-order valence-electron chi connectivity index (χ2n) is 8.87. The fourth-order valence-electron chi connectivity index (χ4n) is 4.45. The molecule has 6 heteroatoms. The zero-order valence-electron chi connectivity index (χ0n) is 18.0. The number of amides is 2. The predicted molar refractivity (Wildman–Crippen MR) is 114 cm³/mol. The third kappa shape index (κ3) is 5.95. The number of benzene rings is 1. The molecule has 2 aliphatic rings. The molecule has 0 radical (unpaired) electrons. The molecule has 2 amide bonds. The number of nitrogens with zero attached hydrogens (tertiary/aromatic N) is 2. The van der Waals surface area contributed by atoms with E-state index in [1.165, 1.54) is 5.56 Å². The molecular formula is C23H35N3O3. The molecule has 1 N–H and O–H groups in total. The molecule has 0 spiro atoms. The van der Waals surface area contributed by atoms with Crippen LogP contribution in [0.1, 0.15) is 38.7 Å². The Labute approximate surface area is 174 Å². The summed E-state index contributed by atoms with van der Waals surface area (Å²) < 4.78 is 5.48. The molecule has 6 nitrogen and oxygen atoms in total. The van der Waals surface area contributed by atoms with Crippen molar-refractivity contribution in [2.75, 3.05) is 39.8 Å². The molecule has 3 rings (SSSR count). The number of nitrogens with one attached hydrogen (secondary N) is 1. The normalized spacial score (nSPS) is 20.7. The number of piperidine rings is 1. The van der Waals surface area contributed by atoms with E-state index in [1.54, 1.807) is 7.11 Å². The Kier molecular flexibility index (Phi) is 7.53. The van der Waals surface area contributed by atoms with E-state index in [0.29, 0.717) is 24.8 Å². The quantitative estimate of drug-likeness (QED) is 0.727. The standard InChI is InChI=1S/C23H35N3O3/c1-17(2)14-26(23(28)20-12-22(27)24-13-20)15-18-8-10-25(11-9-18)16-19-6-4-5-7-21(19)29-3/h4-7,17-18,20H,8-16H2,1-3H3,(H,24,27). The minimum absolute atomic E-state index is 0.00232. The fraction of sp³-hybridized carbons (Fsp3) is 0.652. The first-order chi connectivity index (χ1) is 14.0. The van der Waals surface area contributed by atoms with Gasteiger partial charge in [0.25, 0.3) is 0 Å². The van der Waals surface area contributed by atoms with Crippen LogP contribution < -0.4 is 10.1 Å². The summed E-state index contributed by atoms with van der Waals surface area (Å²) >= 11 is 0. The highest BCUT2D eigenvalue weighted by molar-refractivity contribution is 5.89. The summed E-state index contributed by atoms with van der Waals surface area (Å²) in [5.41, 5.74) is 1.23. The van der Waals surface area contributed by atoms with Crippen molar-refractivity contribution < 1.29 is 14.3 Å². The molecule has 0 aromatic heterocycles. The zero-order chi connectivity index (χ0) is 20.8. The number of rotatable bonds is 8. The fourth-order valence-corrected chi connectivity index (χ4v) is 4.45. The first-order valence-corrected chi connectivity index (χ1v) is 10.9. The van der Waals surface area contributed by atoms with E-state index in [4.69, 9.17) is 4.74 Å². The summed E-state index contributed by atoms with van der Waals surface area (Å²) in [5.74, 6) is 1.85. The summed E-state index contributed by atoms with van der Waals surface area (Å²) in [4.78, 5) is 29.0. The summed E-state index contributed by atoms with van der Waals surface area (Å²) in [6, 6.07) is 8.20. The van der Waals surface area contributed by atoms with Crippen LogP contribution in [0.15, 0.2) is 24.3 Å². The zero-order valence-corrected chi connectivity index (χ0v) is 18.0. The Morgan fingerprint density at radius 3 is 2.62 bits per heavy atom. The van der Waals surface area contributed by atoms with E-state index in [-0.39, 0.29) is 17.7 Å². The van der Waals surface area contributed by atoms with Crippen LogP contribution in [0.2, 0.25) is 0 Å². The van der Waals surface area contributed by atoms with Gasteiger partial charge in [0.05, 0.1) is 13.0 Å². The smallest absolute Gasteiger partial charge is 0.228 e. The van der Waals surface area contributed by atoms with Crippen LogP contribution >= 0.6 is 0 Å². The van der Waals surface area contributed by atoms with Crippen LogP contribution in [-0.2, 0) is 16.1 Å². The van der Waals surface area contributed by atoms with E-state index < -0.39 is 0 Å². The Morgan fingerprint density at radius 2 is 2.00 bits per heavy atom. The van der Waals surface area contributed by atoms with Crippen molar-refractivity contribution in [1.82, 2.24) is 15.1 Å². The monoisotopic (exact) mass is 401 g/mol. The molecule has 29 heavy (non-hydrogen) atoms. The first kappa shape index (κ1) is 21.6. The molecular weight excluding hydrogens is 366 g/mol. The van der Waals surface area contributed by atoms with Gasteiger partial charge in [-0.3, -0.25) is 14.5 Å². The number of likely N-dealkylation sites (tertiary alicyclic amines) is 1. The maximum atomic E-state index is 13.0. The van der Waals surface area contributed by atoms with Gasteiger partial charge in [-0.1, -0.05) is 32.0 Å². The van der Waals surface area contributed by atoms with Gasteiger partial charge in [0.1, 0.15) is 5.75 Å². The van der Waals surface area contributed by atoms with Crippen LogP contribution in [0, 0.1) is 17.8 Å². The van der Waals surface area contributed by atoms with Gasteiger partial charge in [0.15, 0.2) is 0 Å². The number of ether oxygens (including phenoxy) is 1. The molecule has 2 heterocycles. The highest BCUT2D eigenvalue weighted by atomic mass is 16.5. The van der Waals surface area contributed by atoms with Crippen LogP contribution in [-0.4, -0.2) is 61.4 Å². The van der Waals surface area contributed by atoms with E-state index >= 15 is 0 Å². The highest BCUT2D eigenvalue weighted by Crippen LogP contribution is 2.25. The molecule has 1 atom stereocenters. The van der Waals surface area contributed by atoms with Gasteiger partial charge in [-0.15, -0.1) is 0 Å². The van der Waals surface area contributed by atoms with Crippen molar-refractivity contribution in [3.05, 3.63) is 29.8 Å². The molecule has 0 bridgehead atoms. The highest BCUT2D eigenvalue weighted by Gasteiger charge is 2.33. The van der Waals surface area contributed by atoms with Crippen LogP contribution in [0.4, 0.5) is 0 Å². The predicted octanol–water partition coefficient (Wildman–Crippen LogP) is 2.53. The van der Waals surface area contributed by atoms with E-state index in [2.05, 4.69) is 36.2 Å². The SMILES string of the molecule is COc1ccccc1CN1CCC(CN(CC(C)C)C(=O)C2CNC(=O)C2)CC1. The average Bonchev–Trinajstić information content (AvgIpc) is 3.15. The lowest BCUT2D eigenvalue weighted by atomic mass is 9.94. The molecule has 2 aliphatic heterocycles. The number of carbonyl (C=O) groups is 2. The Bertz CT molecular complexity index is 698. The van der Waals surface area contributed by atoms with Crippen LogP contribution in [0.3, 0.4) is 0 Å². The van der Waals surface area contributed by atoms with Gasteiger partial charge in [-0.2, -0.15) is 0 Å². The number of hydrogen-bond donors (Lipinski definition) is 1. The van der Waals surface area contributed by atoms with Crippen LogP contribution in [0.25, 0.3) is 0 Å². The average molecular weight is 402 g/mol. The van der Waals surface area contributed by atoms with Gasteiger partial charge in [-0.25, -0.2) is 0 Å². The van der Waals surface area contributed by atoms with E-state index in [1.807, 2.05) is 17.0 Å². The minimum atomic E-state index is -0.188. The second-order valence-corrected chi connectivity index (χ2v) is 8.87. The molecule has 1 unspecified atom stereocenters. The van der Waals surface area contributed by atoms with Gasteiger partial charge >= 0.3 is 0 Å². The van der Waals surface area contributed by atoms with Gasteiger partial charge in [-0.05, 0) is 43.8 Å². The Balaban J connectivity index is 1.53. The molecule has 2 fully saturated rings. The lowest BCUT2D eigenvalue weighted by Crippen LogP contribution is -2.44. The van der Waals surface area contributed by atoms with E-state index in [9.17, 15) is 9.59 Å². The summed E-state index contributed by atoms with van der Waals surface area (Å²) in [6.07, 6.45) is 2.53. The van der Waals surface area contributed by atoms with Gasteiger partial charge < -0.3 is 15.0 Å². The third-order valence-corrected chi connectivity index (χ3v) is 6.00. The number of methoxy groups -OCH3 is 1. The summed E-state index contributed by atoms with van der Waals surface area (Å²) in [6.45, 7) is 9.34. The topological polar surface area (TPSA) is 61.9 Å². The van der Waals surface area contributed by atoms with Crippen molar-refractivity contribution >= 4 is 11.8 Å². The second kappa shape index (κ2) is 10.1. The van der Waals surface area contributed by atoms with Crippen molar-refractivity contribution in [2.24, 2.45) is 17.8 Å².